The molecule has 0 aromatic heterocycles. The molecule has 0 spiro atoms. The maximum absolute atomic E-state index is 13.0. The summed E-state index contributed by atoms with van der Waals surface area (Å²) in [6.45, 7) is 6.53. The summed E-state index contributed by atoms with van der Waals surface area (Å²) in [5, 5.41) is 12.6. The minimum Gasteiger partial charge on any atom is -0.478 e. The van der Waals surface area contributed by atoms with E-state index in [1.807, 2.05) is 0 Å². The Morgan fingerprint density at radius 2 is 1.93 bits per heavy atom. The molecular formula is C21H21ClN2O5. The summed E-state index contributed by atoms with van der Waals surface area (Å²) in [6, 6.07) is 8.49. The Morgan fingerprint density at radius 3 is 2.59 bits per heavy atom. The molecular weight excluding hydrogens is 396 g/mol. The third-order valence-corrected chi connectivity index (χ3v) is 5.27. The maximum atomic E-state index is 13.0. The normalized spacial score (nSPS) is 15.9. The van der Waals surface area contributed by atoms with E-state index in [1.54, 1.807) is 45.9 Å². The van der Waals surface area contributed by atoms with E-state index in [4.69, 9.17) is 16.3 Å². The number of carbonyl (C=O) groups excluding carboxylic acids is 2. The van der Waals surface area contributed by atoms with Gasteiger partial charge in [0, 0.05) is 10.7 Å². The second-order valence-corrected chi connectivity index (χ2v) is 7.76. The number of hydrogen-bond donors (Lipinski definition) is 2. The van der Waals surface area contributed by atoms with Gasteiger partial charge in [0.2, 0.25) is 5.91 Å². The Kier molecular flexibility index (Phi) is 5.28. The molecule has 0 fully saturated rings. The van der Waals surface area contributed by atoms with E-state index in [0.717, 1.165) is 5.56 Å². The van der Waals surface area contributed by atoms with Crippen LogP contribution in [-0.2, 0) is 9.59 Å². The second kappa shape index (κ2) is 7.40. The van der Waals surface area contributed by atoms with Crippen molar-refractivity contribution in [3.8, 4) is 5.75 Å². The Hall–Kier alpha value is -3.06. The van der Waals surface area contributed by atoms with Crippen molar-refractivity contribution in [3.05, 3.63) is 52.5 Å². The van der Waals surface area contributed by atoms with Crippen molar-refractivity contribution in [2.24, 2.45) is 0 Å². The highest BCUT2D eigenvalue weighted by Crippen LogP contribution is 2.39. The summed E-state index contributed by atoms with van der Waals surface area (Å²) < 4.78 is 5.73. The monoisotopic (exact) mass is 416 g/mol. The van der Waals surface area contributed by atoms with Crippen LogP contribution in [0.4, 0.5) is 11.4 Å². The lowest BCUT2D eigenvalue weighted by atomic mass is 10.0. The first-order valence-electron chi connectivity index (χ1n) is 8.99. The fourth-order valence-corrected chi connectivity index (χ4v) is 3.30. The molecule has 0 radical (unpaired) electrons. The van der Waals surface area contributed by atoms with Crippen molar-refractivity contribution in [1.29, 1.82) is 0 Å². The van der Waals surface area contributed by atoms with Crippen LogP contribution in [0.25, 0.3) is 0 Å². The van der Waals surface area contributed by atoms with E-state index in [0.29, 0.717) is 16.4 Å². The number of aromatic carboxylic acids is 1. The lowest BCUT2D eigenvalue weighted by Crippen LogP contribution is -2.58. The van der Waals surface area contributed by atoms with Gasteiger partial charge in [-0.1, -0.05) is 17.7 Å². The van der Waals surface area contributed by atoms with E-state index < -0.39 is 29.4 Å². The highest BCUT2D eigenvalue weighted by Gasteiger charge is 2.44. The lowest BCUT2D eigenvalue weighted by Gasteiger charge is -2.41. The van der Waals surface area contributed by atoms with Gasteiger partial charge in [-0.05, 0) is 63.6 Å². The van der Waals surface area contributed by atoms with E-state index in [9.17, 15) is 19.5 Å². The van der Waals surface area contributed by atoms with Gasteiger partial charge in [-0.3, -0.25) is 14.5 Å². The molecule has 8 heteroatoms. The molecule has 152 valence electrons. The predicted octanol–water partition coefficient (Wildman–Crippen LogP) is 3.88. The first-order chi connectivity index (χ1) is 13.5. The second-order valence-electron chi connectivity index (χ2n) is 7.35. The Labute approximate surface area is 173 Å². The fourth-order valence-electron chi connectivity index (χ4n) is 3.13. The van der Waals surface area contributed by atoms with Crippen LogP contribution >= 0.6 is 11.6 Å². The molecule has 0 saturated carbocycles. The summed E-state index contributed by atoms with van der Waals surface area (Å²) in [4.78, 5) is 38.6. The zero-order valence-electron chi connectivity index (χ0n) is 16.4. The summed E-state index contributed by atoms with van der Waals surface area (Å²) in [5.74, 6) is -1.69. The average molecular weight is 417 g/mol. The SMILES string of the molecule is Cc1c(Cl)cccc1NC(=O)C(C)N1C(=O)C(C)(C)Oc2cc(C(=O)O)ccc21. The number of amides is 2. The van der Waals surface area contributed by atoms with Gasteiger partial charge in [-0.15, -0.1) is 0 Å². The Bertz CT molecular complexity index is 1020. The maximum Gasteiger partial charge on any atom is 0.335 e. The molecule has 2 N–H and O–H groups in total. The molecule has 1 atom stereocenters. The number of halogens is 1. The van der Waals surface area contributed by atoms with Crippen molar-refractivity contribution in [3.63, 3.8) is 0 Å². The first-order valence-corrected chi connectivity index (χ1v) is 9.36. The van der Waals surface area contributed by atoms with E-state index in [-0.39, 0.29) is 11.3 Å². The molecule has 0 bridgehead atoms. The molecule has 0 saturated heterocycles. The summed E-state index contributed by atoms with van der Waals surface area (Å²) in [5.41, 5.74) is 0.376. The number of rotatable bonds is 4. The van der Waals surface area contributed by atoms with Crippen LogP contribution in [0.3, 0.4) is 0 Å². The molecule has 29 heavy (non-hydrogen) atoms. The molecule has 7 nitrogen and oxygen atoms in total. The zero-order valence-corrected chi connectivity index (χ0v) is 17.2. The zero-order chi connectivity index (χ0) is 21.5. The highest BCUT2D eigenvalue weighted by molar-refractivity contribution is 6.31. The number of fused-ring (bicyclic) bond motifs is 1. The Balaban J connectivity index is 1.97. The van der Waals surface area contributed by atoms with Gasteiger partial charge < -0.3 is 15.2 Å². The van der Waals surface area contributed by atoms with Crippen LogP contribution in [0, 0.1) is 6.92 Å². The molecule has 1 aliphatic heterocycles. The molecule has 1 heterocycles. The van der Waals surface area contributed by atoms with E-state index in [2.05, 4.69) is 5.32 Å². The van der Waals surface area contributed by atoms with Crippen LogP contribution in [0.15, 0.2) is 36.4 Å². The molecule has 1 unspecified atom stereocenters. The molecule has 0 aliphatic carbocycles. The Morgan fingerprint density at radius 1 is 1.24 bits per heavy atom. The van der Waals surface area contributed by atoms with E-state index in [1.165, 1.54) is 23.1 Å². The van der Waals surface area contributed by atoms with Crippen LogP contribution in [-0.4, -0.2) is 34.5 Å². The van der Waals surface area contributed by atoms with Gasteiger partial charge in [0.05, 0.1) is 11.3 Å². The quantitative estimate of drug-likeness (QED) is 0.788. The number of hydrogen-bond acceptors (Lipinski definition) is 4. The topological polar surface area (TPSA) is 95.9 Å². The minimum absolute atomic E-state index is 0.0282. The summed E-state index contributed by atoms with van der Waals surface area (Å²) >= 11 is 6.11. The standard InChI is InChI=1S/C21H21ClN2O5/c1-11-14(22)6-5-7-15(11)23-18(25)12(2)24-16-9-8-13(19(26)27)10-17(16)29-21(3,4)20(24)28/h5-10,12H,1-4H3,(H,23,25)(H,26,27). The molecule has 3 rings (SSSR count). The third-order valence-electron chi connectivity index (χ3n) is 4.86. The van der Waals surface area contributed by atoms with Crippen molar-refractivity contribution >= 4 is 40.8 Å². The van der Waals surface area contributed by atoms with Gasteiger partial charge in [0.25, 0.3) is 5.91 Å². The number of nitrogens with zero attached hydrogens (tertiary/aromatic N) is 1. The molecule has 2 aromatic rings. The number of benzene rings is 2. The molecule has 2 amide bonds. The highest BCUT2D eigenvalue weighted by atomic mass is 35.5. The number of ether oxygens (including phenoxy) is 1. The number of anilines is 2. The van der Waals surface area contributed by atoms with Crippen LogP contribution in [0.1, 0.15) is 36.7 Å². The summed E-state index contributed by atoms with van der Waals surface area (Å²) in [6.07, 6.45) is 0. The van der Waals surface area contributed by atoms with Gasteiger partial charge in [-0.2, -0.15) is 0 Å². The summed E-state index contributed by atoms with van der Waals surface area (Å²) in [7, 11) is 0. The third kappa shape index (κ3) is 3.78. The fraction of sp³-hybridized carbons (Fsp3) is 0.286. The largest absolute Gasteiger partial charge is 0.478 e. The van der Waals surface area contributed by atoms with Gasteiger partial charge in [0.15, 0.2) is 5.60 Å². The minimum atomic E-state index is -1.26. The number of carboxylic acid groups (broad SMARTS) is 1. The number of carboxylic acids is 1. The van der Waals surface area contributed by atoms with Gasteiger partial charge in [0.1, 0.15) is 11.8 Å². The van der Waals surface area contributed by atoms with Gasteiger partial charge in [-0.25, -0.2) is 4.79 Å². The smallest absolute Gasteiger partial charge is 0.335 e. The van der Waals surface area contributed by atoms with Crippen LogP contribution in [0.2, 0.25) is 5.02 Å². The number of carbonyl (C=O) groups is 3. The van der Waals surface area contributed by atoms with Crippen molar-refractivity contribution in [1.82, 2.24) is 0 Å². The van der Waals surface area contributed by atoms with E-state index >= 15 is 0 Å². The lowest BCUT2D eigenvalue weighted by molar-refractivity contribution is -0.134. The first kappa shape index (κ1) is 20.7. The molecule has 1 aliphatic rings. The van der Waals surface area contributed by atoms with Crippen molar-refractivity contribution in [2.75, 3.05) is 10.2 Å². The average Bonchev–Trinajstić information content (AvgIpc) is 2.65. The predicted molar refractivity (Wildman–Crippen MR) is 110 cm³/mol. The van der Waals surface area contributed by atoms with Crippen LogP contribution < -0.4 is 15.0 Å². The van der Waals surface area contributed by atoms with Crippen molar-refractivity contribution < 1.29 is 24.2 Å². The van der Waals surface area contributed by atoms with Crippen molar-refractivity contribution in [2.45, 2.75) is 39.3 Å². The number of nitrogens with one attached hydrogen (secondary N) is 1. The molecule has 2 aromatic carbocycles. The van der Waals surface area contributed by atoms with Crippen LogP contribution in [0.5, 0.6) is 5.75 Å². The van der Waals surface area contributed by atoms with Gasteiger partial charge >= 0.3 is 5.97 Å².